The Morgan fingerprint density at radius 2 is 1.69 bits per heavy atom. The molecule has 10 heteroatoms. The molecular weight excluding hydrogens is 450 g/mol. The molecule has 150 valence electrons. The Morgan fingerprint density at radius 1 is 1.03 bits per heavy atom. The first-order valence-electron chi connectivity index (χ1n) is 8.35. The minimum Gasteiger partial charge on any atom is -0.465 e. The molecule has 1 aromatic heterocycles. The summed E-state index contributed by atoms with van der Waals surface area (Å²) in [6.45, 7) is 0. The number of methoxy groups -OCH3 is 1. The van der Waals surface area contributed by atoms with Crippen LogP contribution in [-0.4, -0.2) is 34.9 Å². The number of thioether (sulfide) groups is 2. The Kier molecular flexibility index (Phi) is 7.93. The van der Waals surface area contributed by atoms with Crippen LogP contribution in [0.4, 0.5) is 5.69 Å². The molecule has 0 aliphatic carbocycles. The zero-order chi connectivity index (χ0) is 20.6. The zero-order valence-corrected chi connectivity index (χ0v) is 18.5. The monoisotopic (exact) mass is 465 g/mol. The predicted molar refractivity (Wildman–Crippen MR) is 118 cm³/mol. The van der Waals surface area contributed by atoms with E-state index in [-0.39, 0.29) is 11.7 Å². The molecule has 0 saturated carbocycles. The SMILES string of the molecule is COC(=O)c1ccc(NC(=O)CSc2nnc(SCc3ccc(Cl)cc3)s2)cc1. The number of carbonyl (C=O) groups is 2. The Hall–Kier alpha value is -2.07. The largest absolute Gasteiger partial charge is 0.465 e. The van der Waals surface area contributed by atoms with Gasteiger partial charge in [-0.1, -0.05) is 58.6 Å². The molecule has 6 nitrogen and oxygen atoms in total. The van der Waals surface area contributed by atoms with Crippen LogP contribution < -0.4 is 5.32 Å². The van der Waals surface area contributed by atoms with E-state index in [1.807, 2.05) is 24.3 Å². The summed E-state index contributed by atoms with van der Waals surface area (Å²) in [5, 5.41) is 11.8. The second kappa shape index (κ2) is 10.6. The number of nitrogens with one attached hydrogen (secondary N) is 1. The minimum atomic E-state index is -0.417. The molecule has 0 fully saturated rings. The molecule has 0 aliphatic heterocycles. The van der Waals surface area contributed by atoms with Gasteiger partial charge in [-0.25, -0.2) is 4.79 Å². The topological polar surface area (TPSA) is 81.2 Å². The number of hydrogen-bond acceptors (Lipinski definition) is 8. The van der Waals surface area contributed by atoms with Crippen molar-refractivity contribution in [1.82, 2.24) is 10.2 Å². The number of ether oxygens (including phenoxy) is 1. The van der Waals surface area contributed by atoms with E-state index in [4.69, 9.17) is 11.6 Å². The van der Waals surface area contributed by atoms with Gasteiger partial charge in [-0.3, -0.25) is 4.79 Å². The van der Waals surface area contributed by atoms with E-state index >= 15 is 0 Å². The summed E-state index contributed by atoms with van der Waals surface area (Å²) in [6.07, 6.45) is 0. The average Bonchev–Trinajstić information content (AvgIpc) is 3.20. The first kappa shape index (κ1) is 21.6. The molecule has 0 atom stereocenters. The molecule has 0 bridgehead atoms. The number of rotatable bonds is 8. The highest BCUT2D eigenvalue weighted by Crippen LogP contribution is 2.31. The molecule has 0 radical (unpaired) electrons. The smallest absolute Gasteiger partial charge is 0.337 e. The van der Waals surface area contributed by atoms with Crippen LogP contribution in [0.15, 0.2) is 57.2 Å². The zero-order valence-electron chi connectivity index (χ0n) is 15.3. The molecule has 29 heavy (non-hydrogen) atoms. The lowest BCUT2D eigenvalue weighted by Gasteiger charge is -2.05. The number of amides is 1. The van der Waals surface area contributed by atoms with E-state index < -0.39 is 5.97 Å². The van der Waals surface area contributed by atoms with Crippen molar-refractivity contribution in [2.24, 2.45) is 0 Å². The van der Waals surface area contributed by atoms with Gasteiger partial charge in [-0.2, -0.15) is 0 Å². The fourth-order valence-corrected chi connectivity index (χ4v) is 5.07. The van der Waals surface area contributed by atoms with Gasteiger partial charge in [-0.05, 0) is 42.0 Å². The molecule has 0 unspecified atom stereocenters. The third-order valence-electron chi connectivity index (χ3n) is 3.58. The lowest BCUT2D eigenvalue weighted by atomic mass is 10.2. The normalized spacial score (nSPS) is 10.6. The minimum absolute atomic E-state index is 0.161. The van der Waals surface area contributed by atoms with Crippen molar-refractivity contribution in [2.75, 3.05) is 18.2 Å². The summed E-state index contributed by atoms with van der Waals surface area (Å²) in [5.74, 6) is 0.416. The first-order chi connectivity index (χ1) is 14.0. The number of aromatic nitrogens is 2. The Labute approximate surface area is 185 Å². The quantitative estimate of drug-likeness (QED) is 0.370. The lowest BCUT2D eigenvalue weighted by Crippen LogP contribution is -2.14. The third kappa shape index (κ3) is 6.74. The predicted octanol–water partition coefficient (Wildman–Crippen LogP) is 5.00. The fraction of sp³-hybridized carbons (Fsp3) is 0.158. The summed E-state index contributed by atoms with van der Waals surface area (Å²) in [6, 6.07) is 14.2. The average molecular weight is 466 g/mol. The van der Waals surface area contributed by atoms with Crippen LogP contribution in [0.25, 0.3) is 0 Å². The second-order valence-electron chi connectivity index (χ2n) is 5.65. The molecule has 3 rings (SSSR count). The second-order valence-corrected chi connectivity index (χ2v) is 9.51. The van der Waals surface area contributed by atoms with Crippen molar-refractivity contribution >= 4 is 64.0 Å². The third-order valence-corrected chi connectivity index (χ3v) is 7.09. The summed E-state index contributed by atoms with van der Waals surface area (Å²) in [4.78, 5) is 23.5. The Balaban J connectivity index is 1.44. The van der Waals surface area contributed by atoms with Gasteiger partial charge in [0.25, 0.3) is 0 Å². The maximum Gasteiger partial charge on any atom is 0.337 e. The first-order valence-corrected chi connectivity index (χ1v) is 11.5. The van der Waals surface area contributed by atoms with Crippen LogP contribution in [0.2, 0.25) is 5.02 Å². The highest BCUT2D eigenvalue weighted by atomic mass is 35.5. The van der Waals surface area contributed by atoms with E-state index in [2.05, 4.69) is 20.3 Å². The fourth-order valence-electron chi connectivity index (χ4n) is 2.17. The molecule has 1 amide bonds. The summed E-state index contributed by atoms with van der Waals surface area (Å²) < 4.78 is 6.23. The van der Waals surface area contributed by atoms with Crippen LogP contribution in [-0.2, 0) is 15.3 Å². The van der Waals surface area contributed by atoms with Gasteiger partial charge in [0.2, 0.25) is 5.91 Å². The number of esters is 1. The van der Waals surface area contributed by atoms with Crippen molar-refractivity contribution in [3.63, 3.8) is 0 Å². The van der Waals surface area contributed by atoms with Crippen molar-refractivity contribution in [1.29, 1.82) is 0 Å². The van der Waals surface area contributed by atoms with Crippen LogP contribution >= 0.6 is 46.5 Å². The number of hydrogen-bond donors (Lipinski definition) is 1. The highest BCUT2D eigenvalue weighted by Gasteiger charge is 2.10. The van der Waals surface area contributed by atoms with Gasteiger partial charge in [0.05, 0.1) is 18.4 Å². The number of nitrogens with zero attached hydrogens (tertiary/aromatic N) is 2. The van der Waals surface area contributed by atoms with Gasteiger partial charge >= 0.3 is 5.97 Å². The van der Waals surface area contributed by atoms with Crippen molar-refractivity contribution < 1.29 is 14.3 Å². The van der Waals surface area contributed by atoms with Crippen LogP contribution in [0.3, 0.4) is 0 Å². The maximum absolute atomic E-state index is 12.1. The van der Waals surface area contributed by atoms with Crippen LogP contribution in [0.5, 0.6) is 0 Å². The van der Waals surface area contributed by atoms with E-state index in [1.165, 1.54) is 30.2 Å². The summed E-state index contributed by atoms with van der Waals surface area (Å²) in [7, 11) is 1.32. The standard InChI is InChI=1S/C19H16ClN3O3S3/c1-26-17(25)13-4-8-15(9-5-13)21-16(24)11-28-19-23-22-18(29-19)27-10-12-2-6-14(20)7-3-12/h2-9H,10-11H2,1H3,(H,21,24). The van der Waals surface area contributed by atoms with Crippen molar-refractivity contribution in [3.8, 4) is 0 Å². The molecule has 2 aromatic carbocycles. The van der Waals surface area contributed by atoms with Crippen LogP contribution in [0.1, 0.15) is 15.9 Å². The van der Waals surface area contributed by atoms with E-state index in [0.29, 0.717) is 16.3 Å². The van der Waals surface area contributed by atoms with Gasteiger partial charge < -0.3 is 10.1 Å². The molecular formula is C19H16ClN3O3S3. The van der Waals surface area contributed by atoms with Gasteiger partial charge in [0.1, 0.15) is 0 Å². The maximum atomic E-state index is 12.1. The molecule has 3 aromatic rings. The Morgan fingerprint density at radius 3 is 2.34 bits per heavy atom. The Bertz CT molecular complexity index is 978. The highest BCUT2D eigenvalue weighted by molar-refractivity contribution is 8.03. The molecule has 1 N–H and O–H groups in total. The number of benzene rings is 2. The van der Waals surface area contributed by atoms with Crippen molar-refractivity contribution in [3.05, 3.63) is 64.7 Å². The summed E-state index contributed by atoms with van der Waals surface area (Å²) in [5.41, 5.74) is 2.19. The van der Waals surface area contributed by atoms with E-state index in [1.54, 1.807) is 36.0 Å². The number of halogens is 1. The van der Waals surface area contributed by atoms with E-state index in [9.17, 15) is 9.59 Å². The van der Waals surface area contributed by atoms with Crippen LogP contribution in [0, 0.1) is 0 Å². The van der Waals surface area contributed by atoms with Gasteiger partial charge in [0.15, 0.2) is 8.68 Å². The number of carbonyl (C=O) groups excluding carboxylic acids is 2. The van der Waals surface area contributed by atoms with Crippen molar-refractivity contribution in [2.45, 2.75) is 14.4 Å². The van der Waals surface area contributed by atoms with E-state index in [0.717, 1.165) is 20.0 Å². The van der Waals surface area contributed by atoms with Gasteiger partial charge in [-0.15, -0.1) is 10.2 Å². The molecule has 0 spiro atoms. The van der Waals surface area contributed by atoms with Gasteiger partial charge in [0, 0.05) is 16.5 Å². The summed E-state index contributed by atoms with van der Waals surface area (Å²) >= 11 is 10.3. The molecule has 0 saturated heterocycles. The molecule has 0 aliphatic rings. The molecule has 1 heterocycles. The number of anilines is 1. The lowest BCUT2D eigenvalue weighted by molar-refractivity contribution is -0.113.